The first kappa shape index (κ1) is 17.6. The number of Topliss-reactive ketones (excluding diaryl/α,β-unsaturated/α-hetero) is 2. The van der Waals surface area contributed by atoms with Crippen LogP contribution in [0.15, 0.2) is 54.6 Å². The predicted molar refractivity (Wildman–Crippen MR) is 98.5 cm³/mol. The van der Waals surface area contributed by atoms with Gasteiger partial charge in [0, 0.05) is 23.4 Å². The molecule has 0 aliphatic carbocycles. The molecule has 1 aromatic heterocycles. The average Bonchev–Trinajstić information content (AvgIpc) is 2.99. The summed E-state index contributed by atoms with van der Waals surface area (Å²) in [6, 6.07) is 16.7. The van der Waals surface area contributed by atoms with Crippen LogP contribution in [0.5, 0.6) is 0 Å². The molecule has 0 atom stereocenters. The van der Waals surface area contributed by atoms with Crippen molar-refractivity contribution in [2.45, 2.75) is 26.4 Å². The number of aromatic amines is 1. The summed E-state index contributed by atoms with van der Waals surface area (Å²) in [7, 11) is 0. The molecule has 2 aromatic carbocycles. The van der Waals surface area contributed by atoms with Gasteiger partial charge in [-0.3, -0.25) is 14.4 Å². The van der Waals surface area contributed by atoms with E-state index in [4.69, 9.17) is 4.74 Å². The zero-order valence-corrected chi connectivity index (χ0v) is 14.8. The first-order chi connectivity index (χ1) is 12.4. The Labute approximate surface area is 151 Å². The second-order valence-electron chi connectivity index (χ2n) is 6.17. The van der Waals surface area contributed by atoms with E-state index < -0.39 is 23.1 Å². The third-order valence-electron chi connectivity index (χ3n) is 4.41. The van der Waals surface area contributed by atoms with Crippen molar-refractivity contribution >= 4 is 28.4 Å². The number of fused-ring (bicyclic) bond motifs is 1. The van der Waals surface area contributed by atoms with Gasteiger partial charge in [-0.25, -0.2) is 0 Å². The SMILES string of the molecule is CC(=O)OC(C(C)=O)(C(C)=O)c1c(-c2ccccc2)[nH]c2ccccc12. The van der Waals surface area contributed by atoms with Crippen LogP contribution in [-0.4, -0.2) is 22.5 Å². The highest BCUT2D eigenvalue weighted by Crippen LogP contribution is 2.41. The normalized spacial score (nSPS) is 11.3. The first-order valence-corrected chi connectivity index (χ1v) is 8.26. The monoisotopic (exact) mass is 349 g/mol. The molecule has 1 heterocycles. The van der Waals surface area contributed by atoms with Crippen LogP contribution in [0.3, 0.4) is 0 Å². The Morgan fingerprint density at radius 2 is 1.42 bits per heavy atom. The number of ketones is 2. The Kier molecular flexibility index (Phi) is 4.47. The maximum atomic E-state index is 12.7. The molecule has 26 heavy (non-hydrogen) atoms. The van der Waals surface area contributed by atoms with Crippen molar-refractivity contribution in [2.75, 3.05) is 0 Å². The summed E-state index contributed by atoms with van der Waals surface area (Å²) < 4.78 is 5.42. The molecule has 1 N–H and O–H groups in total. The Morgan fingerprint density at radius 3 is 2.00 bits per heavy atom. The molecular formula is C21H19NO4. The van der Waals surface area contributed by atoms with Gasteiger partial charge < -0.3 is 9.72 Å². The Hall–Kier alpha value is -3.21. The lowest BCUT2D eigenvalue weighted by Crippen LogP contribution is -2.45. The van der Waals surface area contributed by atoms with E-state index in [0.717, 1.165) is 11.1 Å². The Bertz CT molecular complexity index is 987. The van der Waals surface area contributed by atoms with E-state index in [-0.39, 0.29) is 0 Å². The second-order valence-corrected chi connectivity index (χ2v) is 6.17. The van der Waals surface area contributed by atoms with Gasteiger partial charge in [0.05, 0.1) is 5.69 Å². The highest BCUT2D eigenvalue weighted by Gasteiger charge is 2.49. The fraction of sp³-hybridized carbons (Fsp3) is 0.190. The summed E-state index contributed by atoms with van der Waals surface area (Å²) in [5.41, 5.74) is 0.502. The minimum absolute atomic E-state index is 0.370. The predicted octanol–water partition coefficient (Wildman–Crippen LogP) is 3.77. The zero-order chi connectivity index (χ0) is 18.9. The van der Waals surface area contributed by atoms with Crippen LogP contribution in [0.4, 0.5) is 0 Å². The van der Waals surface area contributed by atoms with E-state index in [0.29, 0.717) is 16.6 Å². The molecule has 132 valence electrons. The van der Waals surface area contributed by atoms with E-state index in [2.05, 4.69) is 4.98 Å². The maximum Gasteiger partial charge on any atom is 0.304 e. The lowest BCUT2D eigenvalue weighted by molar-refractivity contribution is -0.171. The lowest BCUT2D eigenvalue weighted by Gasteiger charge is -2.29. The number of benzene rings is 2. The molecule has 0 saturated heterocycles. The average molecular weight is 349 g/mol. The molecule has 0 amide bonds. The number of nitrogens with one attached hydrogen (secondary N) is 1. The minimum atomic E-state index is -1.99. The topological polar surface area (TPSA) is 76.2 Å². The lowest BCUT2D eigenvalue weighted by atomic mass is 9.82. The molecule has 0 aliphatic heterocycles. The fourth-order valence-corrected chi connectivity index (χ4v) is 3.34. The molecule has 0 radical (unpaired) electrons. The Morgan fingerprint density at radius 1 is 0.846 bits per heavy atom. The summed E-state index contributed by atoms with van der Waals surface area (Å²) >= 11 is 0. The molecule has 0 bridgehead atoms. The summed E-state index contributed by atoms with van der Waals surface area (Å²) in [6.07, 6.45) is 0. The van der Waals surface area contributed by atoms with Crippen molar-refractivity contribution in [3.63, 3.8) is 0 Å². The van der Waals surface area contributed by atoms with Gasteiger partial charge in [-0.15, -0.1) is 0 Å². The van der Waals surface area contributed by atoms with Crippen molar-refractivity contribution in [1.29, 1.82) is 0 Å². The summed E-state index contributed by atoms with van der Waals surface area (Å²) in [5.74, 6) is -1.77. The van der Waals surface area contributed by atoms with Gasteiger partial charge >= 0.3 is 5.97 Å². The molecule has 0 fully saturated rings. The molecule has 0 unspecified atom stereocenters. The minimum Gasteiger partial charge on any atom is -0.438 e. The third kappa shape index (κ3) is 2.71. The Balaban J connectivity index is 2.46. The first-order valence-electron chi connectivity index (χ1n) is 8.26. The quantitative estimate of drug-likeness (QED) is 0.562. The summed E-state index contributed by atoms with van der Waals surface area (Å²) in [6.45, 7) is 3.72. The van der Waals surface area contributed by atoms with Crippen LogP contribution in [0, 0.1) is 0 Å². The van der Waals surface area contributed by atoms with Crippen molar-refractivity contribution in [3.05, 3.63) is 60.2 Å². The number of carbonyl (C=O) groups is 3. The summed E-state index contributed by atoms with van der Waals surface area (Å²) in [5, 5.41) is 0.665. The van der Waals surface area contributed by atoms with E-state index in [9.17, 15) is 14.4 Å². The van der Waals surface area contributed by atoms with Gasteiger partial charge in [0.25, 0.3) is 5.60 Å². The van der Waals surface area contributed by atoms with E-state index in [1.54, 1.807) is 6.07 Å². The molecule has 0 saturated carbocycles. The highest BCUT2D eigenvalue weighted by atomic mass is 16.6. The molecular weight excluding hydrogens is 330 g/mol. The fourth-order valence-electron chi connectivity index (χ4n) is 3.34. The number of esters is 1. The smallest absolute Gasteiger partial charge is 0.304 e. The molecule has 3 aromatic rings. The molecule has 5 heteroatoms. The van der Waals surface area contributed by atoms with Crippen LogP contribution in [0.1, 0.15) is 26.3 Å². The van der Waals surface area contributed by atoms with Crippen LogP contribution >= 0.6 is 0 Å². The number of aromatic nitrogens is 1. The largest absolute Gasteiger partial charge is 0.438 e. The van der Waals surface area contributed by atoms with Crippen LogP contribution in [0.2, 0.25) is 0 Å². The number of hydrogen-bond donors (Lipinski definition) is 1. The van der Waals surface area contributed by atoms with E-state index in [1.807, 2.05) is 48.5 Å². The van der Waals surface area contributed by atoms with Gasteiger partial charge in [0.15, 0.2) is 11.6 Å². The van der Waals surface area contributed by atoms with Gasteiger partial charge in [0.1, 0.15) is 0 Å². The van der Waals surface area contributed by atoms with Crippen molar-refractivity contribution in [2.24, 2.45) is 0 Å². The number of carbonyl (C=O) groups excluding carboxylic acids is 3. The number of para-hydroxylation sites is 1. The molecule has 5 nitrogen and oxygen atoms in total. The van der Waals surface area contributed by atoms with Gasteiger partial charge in [-0.1, -0.05) is 48.5 Å². The maximum absolute atomic E-state index is 12.7. The van der Waals surface area contributed by atoms with Crippen LogP contribution in [0.25, 0.3) is 22.2 Å². The number of hydrogen-bond acceptors (Lipinski definition) is 4. The van der Waals surface area contributed by atoms with Crippen molar-refractivity contribution in [1.82, 2.24) is 4.98 Å². The number of H-pyrrole nitrogens is 1. The van der Waals surface area contributed by atoms with E-state index >= 15 is 0 Å². The van der Waals surface area contributed by atoms with Gasteiger partial charge in [-0.2, -0.15) is 0 Å². The number of rotatable bonds is 5. The standard InChI is InChI=1S/C21H19NO4/c1-13(23)21(14(2)24,26-15(3)25)19-17-11-7-8-12-18(17)22-20(19)16-9-5-4-6-10-16/h4-12,22H,1-3H3. The van der Waals surface area contributed by atoms with Crippen LogP contribution in [-0.2, 0) is 24.7 Å². The van der Waals surface area contributed by atoms with Crippen LogP contribution < -0.4 is 0 Å². The van der Waals surface area contributed by atoms with Crippen molar-refractivity contribution < 1.29 is 19.1 Å². The molecule has 0 spiro atoms. The van der Waals surface area contributed by atoms with Crippen molar-refractivity contribution in [3.8, 4) is 11.3 Å². The van der Waals surface area contributed by atoms with Gasteiger partial charge in [-0.05, 0) is 25.5 Å². The zero-order valence-electron chi connectivity index (χ0n) is 14.8. The summed E-state index contributed by atoms with van der Waals surface area (Å²) in [4.78, 5) is 40.4. The number of ether oxygens (including phenoxy) is 1. The molecule has 3 rings (SSSR count). The second kappa shape index (κ2) is 6.59. The van der Waals surface area contributed by atoms with E-state index in [1.165, 1.54) is 20.8 Å². The third-order valence-corrected chi connectivity index (χ3v) is 4.41. The highest BCUT2D eigenvalue weighted by molar-refractivity contribution is 6.15. The molecule has 0 aliphatic rings. The van der Waals surface area contributed by atoms with Gasteiger partial charge in [0.2, 0.25) is 0 Å².